The van der Waals surface area contributed by atoms with Crippen LogP contribution in [0.1, 0.15) is 26.7 Å². The van der Waals surface area contributed by atoms with Crippen LogP contribution in [0.2, 0.25) is 0 Å². The predicted octanol–water partition coefficient (Wildman–Crippen LogP) is 0.699. The molecule has 1 rings (SSSR count). The molecular weight excluding hydrogens is 236 g/mol. The van der Waals surface area contributed by atoms with Gasteiger partial charge >= 0.3 is 0 Å². The van der Waals surface area contributed by atoms with Crippen LogP contribution in [0.25, 0.3) is 0 Å². The Morgan fingerprint density at radius 3 is 2.18 bits per heavy atom. The van der Waals surface area contributed by atoms with Crippen molar-refractivity contribution in [2.24, 2.45) is 0 Å². The molecule has 17 heavy (non-hydrogen) atoms. The SMILES string of the molecule is CCCN(CCC)C(=O)CN1CCS(=O)CC1. The highest BCUT2D eigenvalue weighted by Crippen LogP contribution is 2.02. The maximum absolute atomic E-state index is 12.1. The molecule has 100 valence electrons. The fourth-order valence-electron chi connectivity index (χ4n) is 2.03. The molecule has 0 N–H and O–H groups in total. The van der Waals surface area contributed by atoms with Gasteiger partial charge in [0.1, 0.15) is 0 Å². The van der Waals surface area contributed by atoms with Crippen LogP contribution in [-0.2, 0) is 15.6 Å². The van der Waals surface area contributed by atoms with Crippen molar-refractivity contribution in [3.05, 3.63) is 0 Å². The first kappa shape index (κ1) is 14.6. The number of amides is 1. The van der Waals surface area contributed by atoms with E-state index in [0.717, 1.165) is 50.5 Å². The fourth-order valence-corrected chi connectivity index (χ4v) is 3.15. The van der Waals surface area contributed by atoms with Gasteiger partial charge in [-0.1, -0.05) is 13.8 Å². The van der Waals surface area contributed by atoms with Crippen LogP contribution in [0.3, 0.4) is 0 Å². The molecule has 1 amide bonds. The number of rotatable bonds is 6. The number of carbonyl (C=O) groups excluding carboxylic acids is 1. The first-order valence-electron chi connectivity index (χ1n) is 6.52. The molecule has 0 bridgehead atoms. The Morgan fingerprint density at radius 2 is 1.71 bits per heavy atom. The zero-order valence-electron chi connectivity index (χ0n) is 11.0. The monoisotopic (exact) mass is 260 g/mol. The summed E-state index contributed by atoms with van der Waals surface area (Å²) >= 11 is 0. The average Bonchev–Trinajstić information content (AvgIpc) is 2.32. The second-order valence-corrected chi connectivity index (χ2v) is 6.20. The van der Waals surface area contributed by atoms with Gasteiger partial charge in [0.25, 0.3) is 0 Å². The van der Waals surface area contributed by atoms with Gasteiger partial charge in [-0.05, 0) is 12.8 Å². The maximum Gasteiger partial charge on any atom is 0.236 e. The lowest BCUT2D eigenvalue weighted by Crippen LogP contribution is -2.45. The molecule has 0 aromatic rings. The first-order chi connectivity index (χ1) is 8.17. The van der Waals surface area contributed by atoms with Gasteiger partial charge < -0.3 is 4.90 Å². The van der Waals surface area contributed by atoms with E-state index in [-0.39, 0.29) is 5.91 Å². The Labute approximate surface area is 107 Å². The summed E-state index contributed by atoms with van der Waals surface area (Å²) in [6, 6.07) is 0. The molecule has 1 heterocycles. The molecule has 0 aliphatic carbocycles. The topological polar surface area (TPSA) is 40.6 Å². The Morgan fingerprint density at radius 1 is 1.18 bits per heavy atom. The van der Waals surface area contributed by atoms with E-state index >= 15 is 0 Å². The van der Waals surface area contributed by atoms with Crippen molar-refractivity contribution in [1.82, 2.24) is 9.80 Å². The van der Waals surface area contributed by atoms with Crippen molar-refractivity contribution < 1.29 is 9.00 Å². The lowest BCUT2D eigenvalue weighted by atomic mass is 10.3. The Balaban J connectivity index is 2.37. The molecule has 1 fully saturated rings. The molecule has 0 spiro atoms. The van der Waals surface area contributed by atoms with Crippen molar-refractivity contribution in [1.29, 1.82) is 0 Å². The van der Waals surface area contributed by atoms with Gasteiger partial charge in [-0.2, -0.15) is 0 Å². The molecule has 5 heteroatoms. The third kappa shape index (κ3) is 5.17. The Bertz CT molecular complexity index is 255. The molecule has 4 nitrogen and oxygen atoms in total. The van der Waals surface area contributed by atoms with Crippen LogP contribution >= 0.6 is 0 Å². The quantitative estimate of drug-likeness (QED) is 0.706. The summed E-state index contributed by atoms with van der Waals surface area (Å²) in [7, 11) is -0.660. The minimum atomic E-state index is -0.660. The van der Waals surface area contributed by atoms with Gasteiger partial charge in [0.2, 0.25) is 5.91 Å². The van der Waals surface area contributed by atoms with E-state index in [1.807, 2.05) is 4.90 Å². The smallest absolute Gasteiger partial charge is 0.236 e. The van der Waals surface area contributed by atoms with Gasteiger partial charge in [0, 0.05) is 48.5 Å². The number of nitrogens with zero attached hydrogens (tertiary/aromatic N) is 2. The maximum atomic E-state index is 12.1. The van der Waals surface area contributed by atoms with E-state index < -0.39 is 10.8 Å². The zero-order chi connectivity index (χ0) is 12.7. The van der Waals surface area contributed by atoms with Crippen LogP contribution in [0.4, 0.5) is 0 Å². The largest absolute Gasteiger partial charge is 0.342 e. The summed E-state index contributed by atoms with van der Waals surface area (Å²) in [5, 5.41) is 0. The molecular formula is C12H24N2O2S. The highest BCUT2D eigenvalue weighted by Gasteiger charge is 2.20. The van der Waals surface area contributed by atoms with Crippen LogP contribution in [0.15, 0.2) is 0 Å². The second kappa shape index (κ2) is 7.82. The van der Waals surface area contributed by atoms with Crippen molar-refractivity contribution >= 4 is 16.7 Å². The number of hydrogen-bond acceptors (Lipinski definition) is 3. The Hall–Kier alpha value is -0.420. The predicted molar refractivity (Wildman–Crippen MR) is 71.5 cm³/mol. The van der Waals surface area contributed by atoms with E-state index in [4.69, 9.17) is 0 Å². The summed E-state index contributed by atoms with van der Waals surface area (Å²) in [5.41, 5.74) is 0. The second-order valence-electron chi connectivity index (χ2n) is 4.51. The van der Waals surface area contributed by atoms with Crippen molar-refractivity contribution in [3.8, 4) is 0 Å². The highest BCUT2D eigenvalue weighted by molar-refractivity contribution is 7.85. The standard InChI is InChI=1S/C12H24N2O2S/c1-3-5-14(6-4-2)12(15)11-13-7-9-17(16)10-8-13/h3-11H2,1-2H3. The number of carbonyl (C=O) groups is 1. The van der Waals surface area contributed by atoms with Crippen LogP contribution < -0.4 is 0 Å². The first-order valence-corrected chi connectivity index (χ1v) is 8.01. The van der Waals surface area contributed by atoms with Gasteiger partial charge in [-0.15, -0.1) is 0 Å². The van der Waals surface area contributed by atoms with Crippen LogP contribution in [0, 0.1) is 0 Å². The minimum absolute atomic E-state index is 0.224. The Kier molecular flexibility index (Phi) is 6.73. The molecule has 1 aliphatic heterocycles. The molecule has 0 atom stereocenters. The van der Waals surface area contributed by atoms with Crippen molar-refractivity contribution in [2.75, 3.05) is 44.2 Å². The number of hydrogen-bond donors (Lipinski definition) is 0. The summed E-state index contributed by atoms with van der Waals surface area (Å²) in [6.07, 6.45) is 2.02. The summed E-state index contributed by atoms with van der Waals surface area (Å²) in [5.74, 6) is 1.66. The van der Waals surface area contributed by atoms with E-state index in [0.29, 0.717) is 6.54 Å². The fraction of sp³-hybridized carbons (Fsp3) is 0.917. The third-order valence-corrected chi connectivity index (χ3v) is 4.24. The van der Waals surface area contributed by atoms with E-state index in [9.17, 15) is 9.00 Å². The molecule has 0 aromatic carbocycles. The third-order valence-electron chi connectivity index (χ3n) is 2.97. The van der Waals surface area contributed by atoms with Gasteiger partial charge in [-0.25, -0.2) is 0 Å². The van der Waals surface area contributed by atoms with Gasteiger partial charge in [0.05, 0.1) is 6.54 Å². The normalized spacial score (nSPS) is 18.2. The summed E-state index contributed by atoms with van der Waals surface area (Å²) < 4.78 is 11.2. The summed E-state index contributed by atoms with van der Waals surface area (Å²) in [6.45, 7) is 7.99. The highest BCUT2D eigenvalue weighted by atomic mass is 32.2. The zero-order valence-corrected chi connectivity index (χ0v) is 11.8. The van der Waals surface area contributed by atoms with Crippen LogP contribution in [-0.4, -0.2) is 64.1 Å². The van der Waals surface area contributed by atoms with Crippen molar-refractivity contribution in [2.45, 2.75) is 26.7 Å². The van der Waals surface area contributed by atoms with E-state index in [1.54, 1.807) is 0 Å². The lowest BCUT2D eigenvalue weighted by Gasteiger charge is -2.29. The van der Waals surface area contributed by atoms with Crippen LogP contribution in [0.5, 0.6) is 0 Å². The molecule has 1 saturated heterocycles. The summed E-state index contributed by atoms with van der Waals surface area (Å²) in [4.78, 5) is 16.2. The van der Waals surface area contributed by atoms with E-state index in [1.165, 1.54) is 0 Å². The van der Waals surface area contributed by atoms with Gasteiger partial charge in [-0.3, -0.25) is 13.9 Å². The van der Waals surface area contributed by atoms with E-state index in [2.05, 4.69) is 18.7 Å². The van der Waals surface area contributed by atoms with Crippen molar-refractivity contribution in [3.63, 3.8) is 0 Å². The molecule has 0 saturated carbocycles. The van der Waals surface area contributed by atoms with Gasteiger partial charge in [0.15, 0.2) is 0 Å². The molecule has 1 aliphatic rings. The molecule has 0 unspecified atom stereocenters. The lowest BCUT2D eigenvalue weighted by molar-refractivity contribution is -0.132. The average molecular weight is 260 g/mol. The minimum Gasteiger partial charge on any atom is -0.342 e. The molecule has 0 radical (unpaired) electrons. The molecule has 0 aromatic heterocycles.